The van der Waals surface area contributed by atoms with Crippen molar-refractivity contribution >= 4 is 11.6 Å². The van der Waals surface area contributed by atoms with Crippen molar-refractivity contribution in [1.82, 2.24) is 0 Å². The molecule has 2 nitrogen and oxygen atoms in total. The molecule has 0 saturated heterocycles. The van der Waals surface area contributed by atoms with Crippen LogP contribution >= 0.6 is 0 Å². The third kappa shape index (κ3) is 3.38. The van der Waals surface area contributed by atoms with Crippen LogP contribution in [0.1, 0.15) is 18.1 Å². The molecule has 0 aliphatic rings. The van der Waals surface area contributed by atoms with Gasteiger partial charge >= 0.3 is 0 Å². The molecule has 0 bridgehead atoms. The molecule has 0 unspecified atom stereocenters. The van der Waals surface area contributed by atoms with Crippen molar-refractivity contribution in [3.63, 3.8) is 0 Å². The van der Waals surface area contributed by atoms with E-state index in [0.717, 1.165) is 27.9 Å². The molecule has 0 heterocycles. The number of aryl methyl sites for hydroxylation is 2. The summed E-state index contributed by atoms with van der Waals surface area (Å²) in [5, 5.41) is 3.03. The Morgan fingerprint density at radius 2 is 1.12 bits per heavy atom. The summed E-state index contributed by atoms with van der Waals surface area (Å²) >= 11 is 0. The van der Waals surface area contributed by atoms with Gasteiger partial charge in [-0.25, -0.2) is 0 Å². The van der Waals surface area contributed by atoms with Gasteiger partial charge in [0, 0.05) is 18.1 Å². The summed E-state index contributed by atoms with van der Waals surface area (Å²) in [4.78, 5) is 11.8. The van der Waals surface area contributed by atoms with Gasteiger partial charge in [0.2, 0.25) is 5.91 Å². The zero-order chi connectivity index (χ0) is 17.1. The zero-order valence-electron chi connectivity index (χ0n) is 14.3. The summed E-state index contributed by atoms with van der Waals surface area (Å²) in [6.45, 7) is 5.69. The van der Waals surface area contributed by atoms with Crippen LogP contribution < -0.4 is 5.32 Å². The lowest BCUT2D eigenvalue weighted by atomic mass is 9.95. The fourth-order valence-electron chi connectivity index (χ4n) is 2.81. The summed E-state index contributed by atoms with van der Waals surface area (Å²) in [5.41, 5.74) is 7.55. The molecule has 1 amide bonds. The van der Waals surface area contributed by atoms with Crippen LogP contribution in [-0.2, 0) is 4.79 Å². The molecule has 0 spiro atoms. The Morgan fingerprint density at radius 1 is 0.708 bits per heavy atom. The van der Waals surface area contributed by atoms with Gasteiger partial charge in [0.15, 0.2) is 0 Å². The lowest BCUT2D eigenvalue weighted by Gasteiger charge is -2.16. The van der Waals surface area contributed by atoms with Gasteiger partial charge in [0.05, 0.1) is 5.69 Å². The summed E-state index contributed by atoms with van der Waals surface area (Å²) in [6.07, 6.45) is 0. The third-order valence-corrected chi connectivity index (χ3v) is 4.09. The molecule has 0 radical (unpaired) electrons. The molecule has 3 aromatic rings. The quantitative estimate of drug-likeness (QED) is 0.670. The average Bonchev–Trinajstić information content (AvgIpc) is 2.56. The molecule has 0 aliphatic carbocycles. The minimum absolute atomic E-state index is 0.0667. The van der Waals surface area contributed by atoms with Crippen molar-refractivity contribution in [2.24, 2.45) is 0 Å². The molecule has 24 heavy (non-hydrogen) atoms. The first-order valence-electron chi connectivity index (χ1n) is 8.09. The van der Waals surface area contributed by atoms with E-state index in [1.54, 1.807) is 6.92 Å². The molecular formula is C22H21NO. The second kappa shape index (κ2) is 6.71. The largest absolute Gasteiger partial charge is 0.325 e. The molecule has 1 N–H and O–H groups in total. The fourth-order valence-corrected chi connectivity index (χ4v) is 2.81. The Labute approximate surface area is 143 Å². The first-order chi connectivity index (χ1) is 11.5. The highest BCUT2D eigenvalue weighted by atomic mass is 16.1. The monoisotopic (exact) mass is 315 g/mol. The number of benzene rings is 3. The third-order valence-electron chi connectivity index (χ3n) is 4.09. The first-order valence-corrected chi connectivity index (χ1v) is 8.09. The number of nitrogens with one attached hydrogen (secondary N) is 1. The predicted octanol–water partition coefficient (Wildman–Crippen LogP) is 5.60. The minimum Gasteiger partial charge on any atom is -0.325 e. The second-order valence-electron chi connectivity index (χ2n) is 6.14. The van der Waals surface area contributed by atoms with Crippen molar-refractivity contribution < 1.29 is 4.79 Å². The number of carbonyl (C=O) groups excluding carboxylic acids is 1. The zero-order valence-corrected chi connectivity index (χ0v) is 14.3. The number of para-hydroxylation sites is 1. The maximum atomic E-state index is 11.8. The smallest absolute Gasteiger partial charge is 0.221 e. The van der Waals surface area contributed by atoms with Gasteiger partial charge in [-0.05, 0) is 25.0 Å². The highest BCUT2D eigenvalue weighted by Crippen LogP contribution is 2.37. The van der Waals surface area contributed by atoms with Gasteiger partial charge < -0.3 is 5.32 Å². The predicted molar refractivity (Wildman–Crippen MR) is 101 cm³/mol. The fraction of sp³-hybridized carbons (Fsp3) is 0.136. The van der Waals surface area contributed by atoms with Gasteiger partial charge in [-0.1, -0.05) is 77.9 Å². The van der Waals surface area contributed by atoms with Crippen LogP contribution in [0.25, 0.3) is 22.3 Å². The number of hydrogen-bond donors (Lipinski definition) is 1. The van der Waals surface area contributed by atoms with Crippen molar-refractivity contribution in [1.29, 1.82) is 0 Å². The lowest BCUT2D eigenvalue weighted by molar-refractivity contribution is -0.114. The second-order valence-corrected chi connectivity index (χ2v) is 6.14. The number of carbonyl (C=O) groups is 1. The molecule has 120 valence electrons. The van der Waals surface area contributed by atoms with E-state index in [-0.39, 0.29) is 5.91 Å². The summed E-state index contributed by atoms with van der Waals surface area (Å²) in [7, 11) is 0. The van der Waals surface area contributed by atoms with Crippen molar-refractivity contribution in [3.05, 3.63) is 77.9 Å². The SMILES string of the molecule is CC(=O)Nc1c(-c2ccc(C)cc2)cccc1-c1ccc(C)cc1. The van der Waals surface area contributed by atoms with Crippen molar-refractivity contribution in [2.75, 3.05) is 5.32 Å². The Bertz CT molecular complexity index is 798. The first kappa shape index (κ1) is 16.0. The molecule has 3 rings (SSSR count). The van der Waals surface area contributed by atoms with Crippen LogP contribution in [0, 0.1) is 13.8 Å². The highest BCUT2D eigenvalue weighted by Gasteiger charge is 2.13. The van der Waals surface area contributed by atoms with Gasteiger partial charge in [-0.15, -0.1) is 0 Å². The number of hydrogen-bond acceptors (Lipinski definition) is 1. The van der Waals surface area contributed by atoms with E-state index in [4.69, 9.17) is 0 Å². The average molecular weight is 315 g/mol. The van der Waals surface area contributed by atoms with Crippen molar-refractivity contribution in [2.45, 2.75) is 20.8 Å². The maximum Gasteiger partial charge on any atom is 0.221 e. The standard InChI is InChI=1S/C22H21NO/c1-15-7-11-18(12-8-15)20-5-4-6-21(22(20)23-17(3)24)19-13-9-16(2)10-14-19/h4-14H,1-3H3,(H,23,24). The molecule has 3 aromatic carbocycles. The maximum absolute atomic E-state index is 11.8. The topological polar surface area (TPSA) is 29.1 Å². The van der Waals surface area contributed by atoms with Crippen LogP contribution in [0.3, 0.4) is 0 Å². The van der Waals surface area contributed by atoms with Crippen LogP contribution in [0.4, 0.5) is 5.69 Å². The minimum atomic E-state index is -0.0667. The van der Waals surface area contributed by atoms with E-state index in [1.807, 2.05) is 18.2 Å². The normalized spacial score (nSPS) is 10.5. The van der Waals surface area contributed by atoms with E-state index in [9.17, 15) is 4.79 Å². The van der Waals surface area contributed by atoms with Crippen LogP contribution in [-0.4, -0.2) is 5.91 Å². The molecule has 0 saturated carbocycles. The highest BCUT2D eigenvalue weighted by molar-refractivity contribution is 6.00. The lowest BCUT2D eigenvalue weighted by Crippen LogP contribution is -2.08. The van der Waals surface area contributed by atoms with Gasteiger partial charge in [-0.2, -0.15) is 0 Å². The Hall–Kier alpha value is -2.87. The molecule has 0 fully saturated rings. The molecular weight excluding hydrogens is 294 g/mol. The van der Waals surface area contributed by atoms with Gasteiger partial charge in [-0.3, -0.25) is 4.79 Å². The summed E-state index contributed by atoms with van der Waals surface area (Å²) in [6, 6.07) is 22.9. The van der Waals surface area contributed by atoms with E-state index >= 15 is 0 Å². The van der Waals surface area contributed by atoms with Crippen LogP contribution in [0.15, 0.2) is 66.7 Å². The molecule has 0 atom stereocenters. The Morgan fingerprint density at radius 3 is 1.50 bits per heavy atom. The van der Waals surface area contributed by atoms with E-state index in [2.05, 4.69) is 67.7 Å². The Balaban J connectivity index is 2.19. The van der Waals surface area contributed by atoms with Crippen molar-refractivity contribution in [3.8, 4) is 22.3 Å². The molecule has 2 heteroatoms. The molecule has 0 aliphatic heterocycles. The number of anilines is 1. The van der Waals surface area contributed by atoms with Gasteiger partial charge in [0.1, 0.15) is 0 Å². The van der Waals surface area contributed by atoms with Gasteiger partial charge in [0.25, 0.3) is 0 Å². The van der Waals surface area contributed by atoms with E-state index < -0.39 is 0 Å². The summed E-state index contributed by atoms with van der Waals surface area (Å²) < 4.78 is 0. The van der Waals surface area contributed by atoms with Crippen LogP contribution in [0.2, 0.25) is 0 Å². The number of rotatable bonds is 3. The molecule has 0 aromatic heterocycles. The summed E-state index contributed by atoms with van der Waals surface area (Å²) in [5.74, 6) is -0.0667. The number of amides is 1. The Kier molecular flexibility index (Phi) is 4.48. The van der Waals surface area contributed by atoms with E-state index in [0.29, 0.717) is 0 Å². The van der Waals surface area contributed by atoms with E-state index in [1.165, 1.54) is 11.1 Å². The van der Waals surface area contributed by atoms with Crippen LogP contribution in [0.5, 0.6) is 0 Å².